The first-order chi connectivity index (χ1) is 16.3. The molecule has 0 spiro atoms. The zero-order valence-corrected chi connectivity index (χ0v) is 19.7. The van der Waals surface area contributed by atoms with Crippen LogP contribution >= 0.6 is 0 Å². The average Bonchev–Trinajstić information content (AvgIpc) is 3.06. The van der Waals surface area contributed by atoms with Gasteiger partial charge >= 0.3 is 0 Å². The number of Topliss-reactive ketones (excluding diaryl/α,β-unsaturated/α-hetero) is 1. The number of benzene rings is 3. The van der Waals surface area contributed by atoms with Gasteiger partial charge in [-0.2, -0.15) is 0 Å². The van der Waals surface area contributed by atoms with E-state index in [-0.39, 0.29) is 25.4 Å². The third-order valence-electron chi connectivity index (χ3n) is 6.20. The minimum atomic E-state index is -1.92. The van der Waals surface area contributed by atoms with Crippen LogP contribution in [0.1, 0.15) is 47.7 Å². The molecule has 6 nitrogen and oxygen atoms in total. The molecule has 6 heteroatoms. The van der Waals surface area contributed by atoms with Crippen LogP contribution in [0.2, 0.25) is 0 Å². The van der Waals surface area contributed by atoms with Crippen molar-refractivity contribution < 1.29 is 24.2 Å². The van der Waals surface area contributed by atoms with Crippen LogP contribution in [0.4, 0.5) is 5.69 Å². The van der Waals surface area contributed by atoms with E-state index in [9.17, 15) is 14.7 Å². The molecule has 3 aromatic rings. The number of para-hydroxylation sites is 3. The second-order valence-corrected chi connectivity index (χ2v) is 8.71. The molecule has 0 saturated carbocycles. The van der Waals surface area contributed by atoms with Crippen molar-refractivity contribution in [2.24, 2.45) is 0 Å². The van der Waals surface area contributed by atoms with Crippen molar-refractivity contribution in [2.75, 3.05) is 25.2 Å². The third kappa shape index (κ3) is 4.41. The fourth-order valence-electron chi connectivity index (χ4n) is 4.27. The Morgan fingerprint density at radius 3 is 2.29 bits per heavy atom. The predicted octanol–water partition coefficient (Wildman–Crippen LogP) is 4.70. The van der Waals surface area contributed by atoms with E-state index in [0.717, 1.165) is 5.56 Å². The third-order valence-corrected chi connectivity index (χ3v) is 6.20. The van der Waals surface area contributed by atoms with Crippen molar-refractivity contribution in [1.82, 2.24) is 0 Å². The van der Waals surface area contributed by atoms with E-state index in [1.807, 2.05) is 24.3 Å². The number of fused-ring (bicyclic) bond motifs is 1. The number of anilines is 1. The van der Waals surface area contributed by atoms with E-state index in [2.05, 4.69) is 13.8 Å². The zero-order valence-electron chi connectivity index (χ0n) is 19.7. The topological polar surface area (TPSA) is 76.1 Å². The zero-order chi connectivity index (χ0) is 24.3. The fraction of sp³-hybridized carbons (Fsp3) is 0.286. The summed E-state index contributed by atoms with van der Waals surface area (Å²) in [6, 6.07) is 21.6. The summed E-state index contributed by atoms with van der Waals surface area (Å²) in [6.07, 6.45) is -0.326. The number of ketones is 1. The number of nitrogens with zero attached hydrogens (tertiary/aromatic N) is 1. The highest BCUT2D eigenvalue weighted by Crippen LogP contribution is 2.42. The molecule has 0 aliphatic carbocycles. The SMILES string of the molecule is COc1ccccc1OCCN1C(=O)C(O)(CC(=O)c2ccc(C(C)C)cc2)c2ccccc21. The van der Waals surface area contributed by atoms with Gasteiger partial charge in [-0.1, -0.05) is 68.4 Å². The first-order valence-corrected chi connectivity index (χ1v) is 11.4. The Labute approximate surface area is 199 Å². The molecule has 1 atom stereocenters. The second-order valence-electron chi connectivity index (χ2n) is 8.71. The van der Waals surface area contributed by atoms with Gasteiger partial charge in [0.25, 0.3) is 5.91 Å². The summed E-state index contributed by atoms with van der Waals surface area (Å²) in [7, 11) is 1.57. The van der Waals surface area contributed by atoms with E-state index < -0.39 is 11.5 Å². The highest BCUT2D eigenvalue weighted by Gasteiger charge is 2.50. The molecule has 176 valence electrons. The maximum atomic E-state index is 13.4. The number of carbonyl (C=O) groups is 2. The smallest absolute Gasteiger partial charge is 0.264 e. The van der Waals surface area contributed by atoms with Crippen molar-refractivity contribution >= 4 is 17.4 Å². The number of methoxy groups -OCH3 is 1. The molecule has 4 rings (SSSR count). The summed E-state index contributed by atoms with van der Waals surface area (Å²) in [5.41, 5.74) is 0.695. The second kappa shape index (κ2) is 9.69. The van der Waals surface area contributed by atoms with Gasteiger partial charge in [-0.15, -0.1) is 0 Å². The lowest BCUT2D eigenvalue weighted by molar-refractivity contribution is -0.135. The summed E-state index contributed by atoms with van der Waals surface area (Å²) in [6.45, 7) is 4.58. The Morgan fingerprint density at radius 1 is 0.971 bits per heavy atom. The predicted molar refractivity (Wildman–Crippen MR) is 131 cm³/mol. The van der Waals surface area contributed by atoms with Crippen LogP contribution in [0.15, 0.2) is 72.8 Å². The lowest BCUT2D eigenvalue weighted by Crippen LogP contribution is -2.43. The Hall–Kier alpha value is -3.64. The minimum absolute atomic E-state index is 0.196. The number of amides is 1. The summed E-state index contributed by atoms with van der Waals surface area (Å²) in [4.78, 5) is 27.9. The van der Waals surface area contributed by atoms with Crippen LogP contribution in [0, 0.1) is 0 Å². The van der Waals surface area contributed by atoms with Gasteiger partial charge in [0.15, 0.2) is 22.9 Å². The van der Waals surface area contributed by atoms with Gasteiger partial charge in [0, 0.05) is 11.1 Å². The van der Waals surface area contributed by atoms with Gasteiger partial charge in [0.2, 0.25) is 0 Å². The van der Waals surface area contributed by atoms with Crippen LogP contribution in [-0.2, 0) is 10.4 Å². The average molecular weight is 460 g/mol. The molecular formula is C28H29NO5. The molecule has 1 aliphatic heterocycles. The summed E-state index contributed by atoms with van der Waals surface area (Å²) in [5, 5.41) is 11.5. The van der Waals surface area contributed by atoms with Gasteiger partial charge in [-0.3, -0.25) is 9.59 Å². The molecule has 34 heavy (non-hydrogen) atoms. The standard InChI is InChI=1S/C28H29NO5/c1-19(2)20-12-14-21(15-13-20)24(30)18-28(32)22-8-4-5-9-23(22)29(27(28)31)16-17-34-26-11-7-6-10-25(26)33-3/h4-15,19,32H,16-18H2,1-3H3. The molecule has 1 amide bonds. The van der Waals surface area contributed by atoms with Gasteiger partial charge < -0.3 is 19.5 Å². The lowest BCUT2D eigenvalue weighted by atomic mass is 9.87. The van der Waals surface area contributed by atoms with Crippen LogP contribution in [0.5, 0.6) is 11.5 Å². The first kappa shape index (κ1) is 23.5. The van der Waals surface area contributed by atoms with Gasteiger partial charge in [-0.25, -0.2) is 0 Å². The summed E-state index contributed by atoms with van der Waals surface area (Å²) in [5.74, 6) is 0.710. The van der Waals surface area contributed by atoms with Crippen molar-refractivity contribution in [1.29, 1.82) is 0 Å². The molecule has 1 aliphatic rings. The highest BCUT2D eigenvalue weighted by atomic mass is 16.5. The van der Waals surface area contributed by atoms with E-state index in [0.29, 0.717) is 34.2 Å². The molecule has 0 fully saturated rings. The number of rotatable bonds is 9. The summed E-state index contributed by atoms with van der Waals surface area (Å²) >= 11 is 0. The van der Waals surface area contributed by atoms with Gasteiger partial charge in [0.1, 0.15) is 6.61 Å². The molecule has 1 unspecified atom stereocenters. The van der Waals surface area contributed by atoms with Crippen molar-refractivity contribution in [2.45, 2.75) is 31.8 Å². The van der Waals surface area contributed by atoms with Crippen LogP contribution in [0.25, 0.3) is 0 Å². The van der Waals surface area contributed by atoms with Gasteiger partial charge in [-0.05, 0) is 29.7 Å². The Kier molecular flexibility index (Phi) is 6.70. The van der Waals surface area contributed by atoms with E-state index >= 15 is 0 Å². The van der Waals surface area contributed by atoms with E-state index in [4.69, 9.17) is 9.47 Å². The van der Waals surface area contributed by atoms with Crippen LogP contribution in [-0.4, -0.2) is 37.1 Å². The monoisotopic (exact) mass is 459 g/mol. The maximum Gasteiger partial charge on any atom is 0.264 e. The Morgan fingerprint density at radius 2 is 1.62 bits per heavy atom. The number of hydrogen-bond acceptors (Lipinski definition) is 5. The number of hydrogen-bond donors (Lipinski definition) is 1. The number of aliphatic hydroxyl groups is 1. The number of ether oxygens (including phenoxy) is 2. The molecule has 1 heterocycles. The summed E-state index contributed by atoms with van der Waals surface area (Å²) < 4.78 is 11.1. The highest BCUT2D eigenvalue weighted by molar-refractivity contribution is 6.10. The normalized spacial score (nSPS) is 17.1. The van der Waals surface area contributed by atoms with Crippen molar-refractivity contribution in [3.05, 3.63) is 89.5 Å². The molecule has 3 aromatic carbocycles. The Balaban J connectivity index is 1.52. The van der Waals surface area contributed by atoms with Crippen molar-refractivity contribution in [3.63, 3.8) is 0 Å². The molecule has 0 bridgehead atoms. The van der Waals surface area contributed by atoms with Crippen LogP contribution in [0.3, 0.4) is 0 Å². The van der Waals surface area contributed by atoms with E-state index in [1.165, 1.54) is 4.90 Å². The minimum Gasteiger partial charge on any atom is -0.493 e. The first-order valence-electron chi connectivity index (χ1n) is 11.4. The maximum absolute atomic E-state index is 13.4. The lowest BCUT2D eigenvalue weighted by Gasteiger charge is -2.23. The molecule has 0 saturated heterocycles. The quantitative estimate of drug-likeness (QED) is 0.469. The van der Waals surface area contributed by atoms with Gasteiger partial charge in [0.05, 0.1) is 25.8 Å². The molecular weight excluding hydrogens is 430 g/mol. The molecule has 1 N–H and O–H groups in total. The fourth-order valence-corrected chi connectivity index (χ4v) is 4.27. The Bertz CT molecular complexity index is 1190. The molecule has 0 radical (unpaired) electrons. The van der Waals surface area contributed by atoms with Crippen LogP contribution < -0.4 is 14.4 Å². The largest absolute Gasteiger partial charge is 0.493 e. The molecule has 0 aromatic heterocycles. The van der Waals surface area contributed by atoms with E-state index in [1.54, 1.807) is 55.6 Å². The number of carbonyl (C=O) groups excluding carboxylic acids is 2. The van der Waals surface area contributed by atoms with Crippen molar-refractivity contribution in [3.8, 4) is 11.5 Å².